The molecule has 0 bridgehead atoms. The first-order chi connectivity index (χ1) is 19.4. The summed E-state index contributed by atoms with van der Waals surface area (Å²) < 4.78 is 74.3. The van der Waals surface area contributed by atoms with E-state index in [0.29, 0.717) is 17.2 Å². The molecule has 224 valence electrons. The molecule has 2 N–H and O–H groups in total. The second-order valence-electron chi connectivity index (χ2n) is 9.83. The van der Waals surface area contributed by atoms with Crippen molar-refractivity contribution >= 4 is 52.0 Å². The van der Waals surface area contributed by atoms with Gasteiger partial charge in [0, 0.05) is 36.6 Å². The van der Waals surface area contributed by atoms with Crippen LogP contribution in [-0.2, 0) is 14.3 Å². The average molecular weight is 623 g/mol. The molecule has 4 rings (SSSR count). The molecule has 2 heterocycles. The van der Waals surface area contributed by atoms with Crippen LogP contribution in [0, 0.1) is 5.92 Å². The number of carbonyl (C=O) groups is 3. The fraction of sp³-hybridized carbons (Fsp3) is 0.500. The number of rotatable bonds is 11. The van der Waals surface area contributed by atoms with Gasteiger partial charge in [0.15, 0.2) is 0 Å². The third-order valence-electron chi connectivity index (χ3n) is 6.92. The third kappa shape index (κ3) is 8.37. The number of carbonyl (C=O) groups excluding carboxylic acids is 3. The fourth-order valence-electron chi connectivity index (χ4n) is 4.66. The largest absolute Gasteiger partial charge is 0.401 e. The summed E-state index contributed by atoms with van der Waals surface area (Å²) in [4.78, 5) is 40.7. The van der Waals surface area contributed by atoms with E-state index in [9.17, 15) is 36.3 Å². The predicted molar refractivity (Wildman–Crippen MR) is 144 cm³/mol. The maximum absolute atomic E-state index is 14.1. The van der Waals surface area contributed by atoms with Gasteiger partial charge in [-0.1, -0.05) is 18.0 Å². The van der Waals surface area contributed by atoms with Crippen molar-refractivity contribution in [3.63, 3.8) is 0 Å². The normalized spacial score (nSPS) is 17.1. The number of morpholine rings is 1. The highest BCUT2D eigenvalue weighted by atomic mass is 35.5. The minimum Gasteiger partial charge on any atom is -0.370 e. The van der Waals surface area contributed by atoms with Gasteiger partial charge in [-0.3, -0.25) is 19.3 Å². The van der Waals surface area contributed by atoms with Gasteiger partial charge in [-0.25, -0.2) is 8.78 Å². The molecule has 1 aromatic carbocycles. The first kappa shape index (κ1) is 31.1. The van der Waals surface area contributed by atoms with Crippen molar-refractivity contribution in [1.82, 2.24) is 10.2 Å². The maximum Gasteiger partial charge on any atom is 0.401 e. The van der Waals surface area contributed by atoms with Crippen molar-refractivity contribution in [2.45, 2.75) is 37.9 Å². The van der Waals surface area contributed by atoms with Crippen LogP contribution in [0.1, 0.15) is 40.9 Å². The Labute approximate surface area is 241 Å². The van der Waals surface area contributed by atoms with Crippen LogP contribution in [0.15, 0.2) is 30.3 Å². The molecule has 0 spiro atoms. The van der Waals surface area contributed by atoms with Gasteiger partial charge in [-0.15, -0.1) is 11.3 Å². The molecule has 1 atom stereocenters. The van der Waals surface area contributed by atoms with E-state index in [1.807, 2.05) is 0 Å². The minimum atomic E-state index is -4.66. The summed E-state index contributed by atoms with van der Waals surface area (Å²) in [6.07, 6.45) is -5.48. The van der Waals surface area contributed by atoms with Crippen molar-refractivity contribution in [2.24, 2.45) is 5.92 Å². The van der Waals surface area contributed by atoms with E-state index in [0.717, 1.165) is 28.7 Å². The molecular weight excluding hydrogens is 595 g/mol. The molecule has 1 aliphatic carbocycles. The van der Waals surface area contributed by atoms with E-state index < -0.39 is 55.0 Å². The molecule has 0 radical (unpaired) electrons. The van der Waals surface area contributed by atoms with Gasteiger partial charge in [0.1, 0.15) is 12.6 Å². The molecule has 1 saturated heterocycles. The van der Waals surface area contributed by atoms with Crippen LogP contribution in [0.25, 0.3) is 0 Å². The van der Waals surface area contributed by atoms with Crippen LogP contribution >= 0.6 is 22.9 Å². The van der Waals surface area contributed by atoms with Crippen LogP contribution in [0.2, 0.25) is 4.34 Å². The number of nitrogens with one attached hydrogen (secondary N) is 2. The molecule has 2 aliphatic rings. The molecule has 3 amide bonds. The van der Waals surface area contributed by atoms with Crippen LogP contribution in [0.3, 0.4) is 0 Å². The molecule has 1 aliphatic heterocycles. The second kappa shape index (κ2) is 13.4. The Morgan fingerprint density at radius 2 is 1.95 bits per heavy atom. The standard InChI is InChI=1S/C26H28ClF5N4O4S/c27-21-7-6-20(41-21)25(39)33-11-19(35(14-26(30,31)32)12-15-2-1-3-15)24(38)34-18-5-4-16(10-17(18)23(28)29)36-8-9-40-13-22(36)37/h4-7,10,15,19,23H,1-3,8-9,11-14H2,(H,33,39)(H,34,38)/t19-/m0/s1. The smallest absolute Gasteiger partial charge is 0.370 e. The number of amides is 3. The molecule has 0 unspecified atom stereocenters. The van der Waals surface area contributed by atoms with Crippen molar-refractivity contribution < 1.29 is 41.1 Å². The summed E-state index contributed by atoms with van der Waals surface area (Å²) in [6, 6.07) is 5.00. The van der Waals surface area contributed by atoms with Gasteiger partial charge in [0.2, 0.25) is 5.91 Å². The van der Waals surface area contributed by atoms with Crippen molar-refractivity contribution in [3.8, 4) is 0 Å². The Morgan fingerprint density at radius 1 is 1.20 bits per heavy atom. The summed E-state index contributed by atoms with van der Waals surface area (Å²) in [5, 5.41) is 4.84. The lowest BCUT2D eigenvalue weighted by Crippen LogP contribution is -2.55. The zero-order valence-electron chi connectivity index (χ0n) is 21.7. The first-order valence-electron chi connectivity index (χ1n) is 12.9. The monoisotopic (exact) mass is 622 g/mol. The summed E-state index contributed by atoms with van der Waals surface area (Å²) in [6.45, 7) is -1.83. The number of halogens is 6. The number of hydrogen-bond donors (Lipinski definition) is 2. The van der Waals surface area contributed by atoms with Crippen LogP contribution in [0.5, 0.6) is 0 Å². The van der Waals surface area contributed by atoms with Gasteiger partial charge in [-0.05, 0) is 49.1 Å². The Bertz CT molecular complexity index is 1260. The molecule has 1 saturated carbocycles. The number of nitrogens with zero attached hydrogens (tertiary/aromatic N) is 2. The number of benzene rings is 1. The number of hydrogen-bond acceptors (Lipinski definition) is 6. The lowest BCUT2D eigenvalue weighted by atomic mass is 9.84. The molecule has 2 aromatic rings. The third-order valence-corrected chi connectivity index (χ3v) is 8.15. The van der Waals surface area contributed by atoms with Gasteiger partial charge < -0.3 is 20.3 Å². The first-order valence-corrected chi connectivity index (χ1v) is 14.1. The summed E-state index contributed by atoms with van der Waals surface area (Å²) in [7, 11) is 0. The minimum absolute atomic E-state index is 0.0575. The SMILES string of the molecule is O=C(NC[C@@H](C(=O)Nc1ccc(N2CCOCC2=O)cc1C(F)F)N(CC1CCC1)CC(F)(F)F)c1ccc(Cl)s1. The van der Waals surface area contributed by atoms with Gasteiger partial charge in [-0.2, -0.15) is 13.2 Å². The van der Waals surface area contributed by atoms with Gasteiger partial charge in [0.05, 0.1) is 22.4 Å². The molecular formula is C26H28ClF5N4O4S. The predicted octanol–water partition coefficient (Wildman–Crippen LogP) is 5.10. The zero-order valence-corrected chi connectivity index (χ0v) is 23.3. The summed E-state index contributed by atoms with van der Waals surface area (Å²) >= 11 is 6.83. The van der Waals surface area contributed by atoms with E-state index in [2.05, 4.69) is 10.6 Å². The zero-order chi connectivity index (χ0) is 29.7. The molecule has 1 aromatic heterocycles. The van der Waals surface area contributed by atoms with Gasteiger partial charge in [0.25, 0.3) is 18.2 Å². The molecule has 8 nitrogen and oxygen atoms in total. The lowest BCUT2D eigenvalue weighted by molar-refractivity contribution is -0.155. The van der Waals surface area contributed by atoms with Crippen LogP contribution < -0.4 is 15.5 Å². The van der Waals surface area contributed by atoms with Crippen LogP contribution in [-0.4, -0.2) is 74.2 Å². The van der Waals surface area contributed by atoms with Crippen molar-refractivity contribution in [2.75, 3.05) is 49.6 Å². The quantitative estimate of drug-likeness (QED) is 0.340. The Hall–Kier alpha value is -2.81. The van der Waals surface area contributed by atoms with Crippen molar-refractivity contribution in [3.05, 3.63) is 45.1 Å². The highest BCUT2D eigenvalue weighted by Gasteiger charge is 2.39. The Balaban J connectivity index is 1.59. The number of alkyl halides is 5. The Morgan fingerprint density at radius 3 is 2.54 bits per heavy atom. The maximum atomic E-state index is 14.1. The average Bonchev–Trinajstić information content (AvgIpc) is 3.32. The van der Waals surface area contributed by atoms with E-state index >= 15 is 0 Å². The van der Waals surface area contributed by atoms with Crippen molar-refractivity contribution in [1.29, 1.82) is 0 Å². The highest BCUT2D eigenvalue weighted by Crippen LogP contribution is 2.33. The molecule has 2 fully saturated rings. The topological polar surface area (TPSA) is 91.0 Å². The number of anilines is 2. The van der Waals surface area contributed by atoms with Crippen LogP contribution in [0.4, 0.5) is 33.3 Å². The fourth-order valence-corrected chi connectivity index (χ4v) is 5.62. The highest BCUT2D eigenvalue weighted by molar-refractivity contribution is 7.18. The summed E-state index contributed by atoms with van der Waals surface area (Å²) in [5.74, 6) is -2.12. The number of thiophene rings is 1. The Kier molecular flexibility index (Phi) is 10.2. The van der Waals surface area contributed by atoms with E-state index in [1.165, 1.54) is 29.2 Å². The van der Waals surface area contributed by atoms with E-state index in [4.69, 9.17) is 16.3 Å². The number of ether oxygens (including phenoxy) is 1. The van der Waals surface area contributed by atoms with Gasteiger partial charge >= 0.3 is 6.18 Å². The lowest BCUT2D eigenvalue weighted by Gasteiger charge is -2.37. The van der Waals surface area contributed by atoms with E-state index in [-0.39, 0.29) is 48.5 Å². The van der Waals surface area contributed by atoms with E-state index in [1.54, 1.807) is 0 Å². The summed E-state index contributed by atoms with van der Waals surface area (Å²) in [5.41, 5.74) is -0.743. The second-order valence-corrected chi connectivity index (χ2v) is 11.5. The molecule has 15 heteroatoms. The molecule has 41 heavy (non-hydrogen) atoms.